The van der Waals surface area contributed by atoms with Crippen LogP contribution < -0.4 is 0 Å². The molecule has 0 bridgehead atoms. The van der Waals surface area contributed by atoms with E-state index in [9.17, 15) is 43.2 Å². The van der Waals surface area contributed by atoms with Crippen LogP contribution in [0, 0.1) is 17.8 Å². The minimum absolute atomic E-state index is 0.107. The van der Waals surface area contributed by atoms with Crippen LogP contribution in [0.1, 0.15) is 421 Å². The van der Waals surface area contributed by atoms with Crippen molar-refractivity contribution in [1.82, 2.24) is 0 Å². The summed E-state index contributed by atoms with van der Waals surface area (Å²) in [5.74, 6) is 0.258. The highest BCUT2D eigenvalue weighted by molar-refractivity contribution is 7.47. The maximum Gasteiger partial charge on any atom is 0.472 e. The van der Waals surface area contributed by atoms with E-state index in [2.05, 4.69) is 48.5 Å². The van der Waals surface area contributed by atoms with E-state index in [0.29, 0.717) is 25.7 Å². The summed E-state index contributed by atoms with van der Waals surface area (Å²) >= 11 is 0. The van der Waals surface area contributed by atoms with E-state index in [4.69, 9.17) is 37.0 Å². The van der Waals surface area contributed by atoms with Crippen molar-refractivity contribution < 1.29 is 80.2 Å². The van der Waals surface area contributed by atoms with E-state index in [0.717, 1.165) is 108 Å². The highest BCUT2D eigenvalue weighted by Gasteiger charge is 2.30. The molecule has 19 heteroatoms. The first kappa shape index (κ1) is 98.1. The topological polar surface area (TPSA) is 237 Å². The Morgan fingerprint density at radius 1 is 0.290 bits per heavy atom. The molecule has 0 aromatic rings. The summed E-state index contributed by atoms with van der Waals surface area (Å²) in [5.41, 5.74) is 0. The molecule has 0 aromatic heterocycles. The number of carbonyl (C=O) groups excluding carboxylic acids is 4. The largest absolute Gasteiger partial charge is 0.472 e. The number of aliphatic hydroxyl groups is 1. The molecule has 0 aromatic carbocycles. The number of aliphatic hydroxyl groups excluding tert-OH is 1. The summed E-state index contributed by atoms with van der Waals surface area (Å²) in [7, 11) is -9.92. The van der Waals surface area contributed by atoms with Gasteiger partial charge in [-0.2, -0.15) is 0 Å². The molecule has 3 N–H and O–H groups in total. The summed E-state index contributed by atoms with van der Waals surface area (Å²) in [4.78, 5) is 73.0. The summed E-state index contributed by atoms with van der Waals surface area (Å²) in [6.07, 6.45) is 59.6. The van der Waals surface area contributed by atoms with Crippen molar-refractivity contribution in [2.24, 2.45) is 17.8 Å². The van der Waals surface area contributed by atoms with Gasteiger partial charge in [-0.25, -0.2) is 9.13 Å². The number of carbonyl (C=O) groups is 4. The molecule has 594 valence electrons. The second-order valence-electron chi connectivity index (χ2n) is 30.4. The molecule has 0 aliphatic carbocycles. The zero-order valence-corrected chi connectivity index (χ0v) is 67.5. The van der Waals surface area contributed by atoms with E-state index >= 15 is 0 Å². The molecule has 0 fully saturated rings. The standard InChI is InChI=1S/C81H158O17P2/c1-8-10-11-12-13-14-15-22-28-34-43-50-57-64-80(85)98-77(69-92-79(84)63-56-49-42-37-36-39-46-53-60-73(5)6)71-96-100(89,90)94-67-75(82)66-93-99(87,88)95-70-76(68-91-78(83)62-55-48-41-33-30-25-26-31-38-45-52-59-72(3)4)97-81(86)65-58-51-44-35-29-24-21-19-17-16-18-20-23-27-32-40-47-54-61-74(7)9-2/h72-77,82H,8-71H2,1-7H3,(H,87,88)(H,89,90)/t74?,75-,76-,77-/m1/s1. The van der Waals surface area contributed by atoms with E-state index < -0.39 is 97.5 Å². The smallest absolute Gasteiger partial charge is 0.462 e. The van der Waals surface area contributed by atoms with Crippen molar-refractivity contribution >= 4 is 39.5 Å². The first-order valence-corrected chi connectivity index (χ1v) is 44.9. The van der Waals surface area contributed by atoms with E-state index in [1.165, 1.54) is 231 Å². The van der Waals surface area contributed by atoms with Crippen LogP contribution in [0.2, 0.25) is 0 Å². The molecule has 0 amide bonds. The molecular weight excluding hydrogens is 1310 g/mol. The lowest BCUT2D eigenvalue weighted by molar-refractivity contribution is -0.161. The average molecular weight is 1470 g/mol. The zero-order chi connectivity index (χ0) is 73.7. The van der Waals surface area contributed by atoms with Gasteiger partial charge in [-0.05, 0) is 43.4 Å². The first-order valence-electron chi connectivity index (χ1n) is 41.9. The van der Waals surface area contributed by atoms with Crippen LogP contribution >= 0.6 is 15.6 Å². The van der Waals surface area contributed by atoms with Gasteiger partial charge in [0.2, 0.25) is 0 Å². The molecule has 0 aliphatic heterocycles. The second kappa shape index (κ2) is 71.3. The second-order valence-corrected chi connectivity index (χ2v) is 33.3. The van der Waals surface area contributed by atoms with Crippen molar-refractivity contribution in [3.8, 4) is 0 Å². The summed E-state index contributed by atoms with van der Waals surface area (Å²) in [5, 5.41) is 10.6. The predicted octanol–water partition coefficient (Wildman–Crippen LogP) is 24.1. The Balaban J connectivity index is 5.22. The normalized spacial score (nSPS) is 14.2. The third-order valence-electron chi connectivity index (χ3n) is 19.2. The van der Waals surface area contributed by atoms with Gasteiger partial charge in [0.05, 0.1) is 26.4 Å². The first-order chi connectivity index (χ1) is 48.3. The number of hydrogen-bond donors (Lipinski definition) is 3. The zero-order valence-electron chi connectivity index (χ0n) is 65.7. The third kappa shape index (κ3) is 73.0. The Hall–Kier alpha value is -1.94. The maximum atomic E-state index is 13.1. The Morgan fingerprint density at radius 2 is 0.510 bits per heavy atom. The molecule has 0 saturated carbocycles. The Morgan fingerprint density at radius 3 is 0.760 bits per heavy atom. The molecule has 0 heterocycles. The van der Waals surface area contributed by atoms with Gasteiger partial charge in [-0.3, -0.25) is 37.3 Å². The van der Waals surface area contributed by atoms with E-state index in [-0.39, 0.29) is 25.7 Å². The molecule has 0 rings (SSSR count). The number of unbranched alkanes of at least 4 members (excludes halogenated alkanes) is 46. The van der Waals surface area contributed by atoms with Crippen LogP contribution in [-0.2, 0) is 65.4 Å². The van der Waals surface area contributed by atoms with Crippen LogP contribution in [-0.4, -0.2) is 96.7 Å². The minimum atomic E-state index is -4.96. The highest BCUT2D eigenvalue weighted by Crippen LogP contribution is 2.45. The number of esters is 4. The van der Waals surface area contributed by atoms with Gasteiger partial charge in [0.1, 0.15) is 19.3 Å². The van der Waals surface area contributed by atoms with E-state index in [1.54, 1.807) is 0 Å². The van der Waals surface area contributed by atoms with Crippen LogP contribution in [0.25, 0.3) is 0 Å². The van der Waals surface area contributed by atoms with Crippen molar-refractivity contribution in [1.29, 1.82) is 0 Å². The van der Waals surface area contributed by atoms with Gasteiger partial charge < -0.3 is 33.8 Å². The Kier molecular flexibility index (Phi) is 69.9. The molecule has 100 heavy (non-hydrogen) atoms. The molecule has 17 nitrogen and oxygen atoms in total. The maximum absolute atomic E-state index is 13.1. The number of rotatable bonds is 79. The van der Waals surface area contributed by atoms with Crippen LogP contribution in [0.15, 0.2) is 0 Å². The molecule has 0 saturated heterocycles. The summed E-state index contributed by atoms with van der Waals surface area (Å²) in [6, 6.07) is 0. The fourth-order valence-electron chi connectivity index (χ4n) is 12.5. The number of phosphoric ester groups is 2. The predicted molar refractivity (Wildman–Crippen MR) is 409 cm³/mol. The molecular formula is C81H158O17P2. The lowest BCUT2D eigenvalue weighted by atomic mass is 9.99. The van der Waals surface area contributed by atoms with Crippen LogP contribution in [0.5, 0.6) is 0 Å². The van der Waals surface area contributed by atoms with Gasteiger partial charge >= 0.3 is 39.5 Å². The number of phosphoric acid groups is 2. The fourth-order valence-corrected chi connectivity index (χ4v) is 14.0. The Bertz CT molecular complexity index is 1940. The third-order valence-corrected chi connectivity index (χ3v) is 21.1. The molecule has 3 unspecified atom stereocenters. The number of ether oxygens (including phenoxy) is 4. The van der Waals surface area contributed by atoms with Gasteiger partial charge in [0, 0.05) is 25.7 Å². The monoisotopic (exact) mass is 1470 g/mol. The van der Waals surface area contributed by atoms with Crippen molar-refractivity contribution in [2.45, 2.75) is 439 Å². The molecule has 0 aliphatic rings. The minimum Gasteiger partial charge on any atom is -0.462 e. The Labute approximate surface area is 613 Å². The molecule has 0 spiro atoms. The van der Waals surface area contributed by atoms with Crippen molar-refractivity contribution in [3.63, 3.8) is 0 Å². The number of hydrogen-bond acceptors (Lipinski definition) is 15. The SMILES string of the molecule is CCCCCCCCCCCCCCCC(=O)O[C@H](COC(=O)CCCCCCCCCCC(C)C)COP(=O)(O)OC[C@H](O)COP(=O)(O)OC[C@@H](COC(=O)CCCCCCCCCCCCCC(C)C)OC(=O)CCCCCCCCCCCCCCCCCCCCC(C)CC. The lowest BCUT2D eigenvalue weighted by Gasteiger charge is -2.21. The van der Waals surface area contributed by atoms with E-state index in [1.807, 2.05) is 0 Å². The van der Waals surface area contributed by atoms with Crippen LogP contribution in [0.3, 0.4) is 0 Å². The van der Waals surface area contributed by atoms with Gasteiger partial charge in [-0.1, -0.05) is 370 Å². The van der Waals surface area contributed by atoms with Crippen molar-refractivity contribution in [2.75, 3.05) is 39.6 Å². The molecule has 0 radical (unpaired) electrons. The summed E-state index contributed by atoms with van der Waals surface area (Å²) in [6.45, 7) is 12.0. The lowest BCUT2D eigenvalue weighted by Crippen LogP contribution is -2.30. The van der Waals surface area contributed by atoms with Crippen LogP contribution in [0.4, 0.5) is 0 Å². The van der Waals surface area contributed by atoms with Gasteiger partial charge in [0.15, 0.2) is 12.2 Å². The highest BCUT2D eigenvalue weighted by atomic mass is 31.2. The average Bonchev–Trinajstić information content (AvgIpc) is 0.939. The quantitative estimate of drug-likeness (QED) is 0.0222. The van der Waals surface area contributed by atoms with Crippen molar-refractivity contribution in [3.05, 3.63) is 0 Å². The molecule has 6 atom stereocenters. The fraction of sp³-hybridized carbons (Fsp3) is 0.951. The summed E-state index contributed by atoms with van der Waals surface area (Å²) < 4.78 is 68.7. The van der Waals surface area contributed by atoms with Gasteiger partial charge in [0.25, 0.3) is 0 Å². The van der Waals surface area contributed by atoms with Gasteiger partial charge in [-0.15, -0.1) is 0 Å².